The van der Waals surface area contributed by atoms with E-state index < -0.39 is 5.60 Å². The number of methoxy groups -OCH3 is 2. The van der Waals surface area contributed by atoms with Gasteiger partial charge in [0.25, 0.3) is 0 Å². The summed E-state index contributed by atoms with van der Waals surface area (Å²) in [5.74, 6) is -0.207. The summed E-state index contributed by atoms with van der Waals surface area (Å²) in [5.41, 5.74) is 1.84. The van der Waals surface area contributed by atoms with Gasteiger partial charge in [0.2, 0.25) is 0 Å². The Labute approximate surface area is 111 Å². The Kier molecular flexibility index (Phi) is 2.26. The number of rotatable bonds is 3. The van der Waals surface area contributed by atoms with Gasteiger partial charge in [-0.2, -0.15) is 0 Å². The zero-order chi connectivity index (χ0) is 13.2. The summed E-state index contributed by atoms with van der Waals surface area (Å²) in [6.45, 7) is 0.850. The van der Waals surface area contributed by atoms with Crippen LogP contribution < -0.4 is 0 Å². The van der Waals surface area contributed by atoms with E-state index in [0.29, 0.717) is 0 Å². The molecule has 0 bridgehead atoms. The molecule has 0 aromatic heterocycles. The van der Waals surface area contributed by atoms with Crippen LogP contribution in [0.25, 0.3) is 0 Å². The summed E-state index contributed by atoms with van der Waals surface area (Å²) < 4.78 is 16.5. The Morgan fingerprint density at radius 2 is 2.16 bits per heavy atom. The molecule has 4 aliphatic rings. The first-order valence-electron chi connectivity index (χ1n) is 6.68. The molecule has 1 spiro atoms. The topological polar surface area (TPSA) is 48.0 Å². The van der Waals surface area contributed by atoms with Crippen molar-refractivity contribution < 1.29 is 19.0 Å². The minimum Gasteiger partial charge on any atom is -0.445 e. The quantitative estimate of drug-likeness (QED) is 0.551. The number of nitrogens with zero attached hydrogens (tertiary/aromatic N) is 1. The van der Waals surface area contributed by atoms with Crippen LogP contribution in [0.15, 0.2) is 23.3 Å². The van der Waals surface area contributed by atoms with Crippen LogP contribution in [-0.2, 0) is 19.0 Å². The smallest absolute Gasteiger partial charge is 0.332 e. The van der Waals surface area contributed by atoms with E-state index in [-0.39, 0.29) is 24.3 Å². The lowest BCUT2D eigenvalue weighted by Crippen LogP contribution is -2.49. The van der Waals surface area contributed by atoms with E-state index in [2.05, 4.69) is 11.0 Å². The zero-order valence-corrected chi connectivity index (χ0v) is 11.1. The van der Waals surface area contributed by atoms with Gasteiger partial charge in [-0.3, -0.25) is 4.90 Å². The summed E-state index contributed by atoms with van der Waals surface area (Å²) in [6, 6.07) is 0.490. The number of hydrogen-bond donors (Lipinski definition) is 0. The molecule has 5 heteroatoms. The molecule has 1 aliphatic carbocycles. The number of carbonyl (C=O) groups is 1. The number of carbonyl (C=O) groups excluding carboxylic acids is 1. The van der Waals surface area contributed by atoms with Crippen molar-refractivity contribution >= 4 is 5.97 Å². The summed E-state index contributed by atoms with van der Waals surface area (Å²) in [7, 11) is 3.34. The van der Waals surface area contributed by atoms with E-state index in [0.717, 1.165) is 25.0 Å². The fourth-order valence-electron chi connectivity index (χ4n) is 4.19. The molecular formula is C14H17NO4. The maximum Gasteiger partial charge on any atom is 0.332 e. The molecule has 3 aliphatic heterocycles. The second-order valence-electron chi connectivity index (χ2n) is 5.60. The van der Waals surface area contributed by atoms with Gasteiger partial charge in [0.1, 0.15) is 0 Å². The molecule has 2 saturated heterocycles. The Morgan fingerprint density at radius 3 is 2.84 bits per heavy atom. The van der Waals surface area contributed by atoms with Crippen molar-refractivity contribution in [3.05, 3.63) is 23.3 Å². The van der Waals surface area contributed by atoms with Crippen molar-refractivity contribution in [1.29, 1.82) is 0 Å². The van der Waals surface area contributed by atoms with Crippen LogP contribution in [0.2, 0.25) is 0 Å². The van der Waals surface area contributed by atoms with Crippen LogP contribution >= 0.6 is 0 Å². The third-order valence-corrected chi connectivity index (χ3v) is 4.93. The standard InChI is InChI=1S/C14H17NO4/c1-17-13(18-2)10-3-4-11-14-8(6-12(16)19-14)5-9(14)7-15(10)11/h5-6,10-11,13H,3-4,7H2,1-2H3/t10?,11?,14-/m1/s1. The molecule has 0 amide bonds. The van der Waals surface area contributed by atoms with Crippen LogP contribution in [0.3, 0.4) is 0 Å². The SMILES string of the molecule is COC(OC)C1CCC2N1CC1=CC3=CC(=O)O[C@]312. The van der Waals surface area contributed by atoms with Gasteiger partial charge in [0.15, 0.2) is 11.9 Å². The molecule has 0 saturated carbocycles. The van der Waals surface area contributed by atoms with Crippen LogP contribution in [0.4, 0.5) is 0 Å². The van der Waals surface area contributed by atoms with E-state index in [9.17, 15) is 4.79 Å². The third-order valence-electron chi connectivity index (χ3n) is 4.93. The van der Waals surface area contributed by atoms with E-state index in [1.54, 1.807) is 20.3 Å². The van der Waals surface area contributed by atoms with Gasteiger partial charge < -0.3 is 14.2 Å². The predicted octanol–water partition coefficient (Wildman–Crippen LogP) is 0.614. The molecule has 5 nitrogen and oxygen atoms in total. The Hall–Kier alpha value is -1.17. The van der Waals surface area contributed by atoms with Crippen LogP contribution in [0.1, 0.15) is 12.8 Å². The van der Waals surface area contributed by atoms with Crippen LogP contribution in [-0.4, -0.2) is 55.6 Å². The van der Waals surface area contributed by atoms with Gasteiger partial charge in [-0.1, -0.05) is 0 Å². The Morgan fingerprint density at radius 1 is 1.37 bits per heavy atom. The second kappa shape index (κ2) is 3.69. The summed E-state index contributed by atoms with van der Waals surface area (Å²) in [4.78, 5) is 13.9. The lowest BCUT2D eigenvalue weighted by atomic mass is 9.73. The van der Waals surface area contributed by atoms with Gasteiger partial charge in [0, 0.05) is 32.4 Å². The Bertz CT molecular complexity index is 508. The average molecular weight is 263 g/mol. The number of esters is 1. The summed E-state index contributed by atoms with van der Waals surface area (Å²) in [5, 5.41) is 0. The highest BCUT2D eigenvalue weighted by Crippen LogP contribution is 2.57. The van der Waals surface area contributed by atoms with Crippen molar-refractivity contribution in [2.45, 2.75) is 36.8 Å². The molecule has 19 heavy (non-hydrogen) atoms. The van der Waals surface area contributed by atoms with E-state index >= 15 is 0 Å². The van der Waals surface area contributed by atoms with Crippen LogP contribution in [0, 0.1) is 0 Å². The highest BCUT2D eigenvalue weighted by Gasteiger charge is 2.66. The number of hydrogen-bond acceptors (Lipinski definition) is 5. The number of ether oxygens (including phenoxy) is 3. The van der Waals surface area contributed by atoms with E-state index in [1.807, 2.05) is 0 Å². The van der Waals surface area contributed by atoms with Gasteiger partial charge in [0.05, 0.1) is 12.1 Å². The molecule has 2 fully saturated rings. The highest BCUT2D eigenvalue weighted by molar-refractivity contribution is 5.91. The predicted molar refractivity (Wildman–Crippen MR) is 66.3 cm³/mol. The summed E-state index contributed by atoms with van der Waals surface area (Å²) >= 11 is 0. The molecule has 0 aromatic rings. The minimum absolute atomic E-state index is 0.207. The highest BCUT2D eigenvalue weighted by atomic mass is 16.7. The van der Waals surface area contributed by atoms with Crippen LogP contribution in [0.5, 0.6) is 0 Å². The first kappa shape index (κ1) is 11.6. The molecule has 2 unspecified atom stereocenters. The molecule has 4 rings (SSSR count). The third kappa shape index (κ3) is 1.23. The lowest BCUT2D eigenvalue weighted by Gasteiger charge is -2.38. The first-order valence-corrected chi connectivity index (χ1v) is 6.68. The van der Waals surface area contributed by atoms with E-state index in [1.165, 1.54) is 5.57 Å². The fraction of sp³-hybridized carbons (Fsp3) is 0.643. The monoisotopic (exact) mass is 263 g/mol. The van der Waals surface area contributed by atoms with Gasteiger partial charge in [-0.25, -0.2) is 4.79 Å². The Balaban J connectivity index is 1.65. The van der Waals surface area contributed by atoms with Crippen molar-refractivity contribution in [3.8, 4) is 0 Å². The second-order valence-corrected chi connectivity index (χ2v) is 5.60. The largest absolute Gasteiger partial charge is 0.445 e. The maximum absolute atomic E-state index is 11.6. The van der Waals surface area contributed by atoms with Gasteiger partial charge in [-0.15, -0.1) is 0 Å². The lowest BCUT2D eigenvalue weighted by molar-refractivity contribution is -0.150. The average Bonchev–Trinajstić information content (AvgIpc) is 2.97. The molecule has 102 valence electrons. The van der Waals surface area contributed by atoms with Gasteiger partial charge in [-0.05, 0) is 24.5 Å². The van der Waals surface area contributed by atoms with Crippen molar-refractivity contribution in [2.24, 2.45) is 0 Å². The minimum atomic E-state index is -0.433. The van der Waals surface area contributed by atoms with Crippen molar-refractivity contribution in [3.63, 3.8) is 0 Å². The molecule has 3 atom stereocenters. The van der Waals surface area contributed by atoms with Crippen molar-refractivity contribution in [2.75, 3.05) is 20.8 Å². The maximum atomic E-state index is 11.6. The molecule has 0 radical (unpaired) electrons. The van der Waals surface area contributed by atoms with Gasteiger partial charge >= 0.3 is 5.97 Å². The molecule has 0 N–H and O–H groups in total. The number of fused-ring (bicyclic) bond motifs is 1. The fourth-order valence-corrected chi connectivity index (χ4v) is 4.19. The normalized spacial score (nSPS) is 39.4. The van der Waals surface area contributed by atoms with Crippen molar-refractivity contribution in [1.82, 2.24) is 4.90 Å². The molecule has 0 aromatic carbocycles. The summed E-state index contributed by atoms with van der Waals surface area (Å²) in [6.07, 6.45) is 5.52. The first-order chi connectivity index (χ1) is 9.20. The van der Waals surface area contributed by atoms with E-state index in [4.69, 9.17) is 14.2 Å². The zero-order valence-electron chi connectivity index (χ0n) is 11.1. The molecular weight excluding hydrogens is 246 g/mol. The molecule has 3 heterocycles.